The van der Waals surface area contributed by atoms with Crippen LogP contribution in [0.1, 0.15) is 11.1 Å². The molecule has 1 aliphatic heterocycles. The number of hydrogen-bond acceptors (Lipinski definition) is 6. The van der Waals surface area contributed by atoms with Gasteiger partial charge in [-0.3, -0.25) is 15.5 Å². The summed E-state index contributed by atoms with van der Waals surface area (Å²) in [4.78, 5) is 12.0. The molecule has 1 aliphatic rings. The van der Waals surface area contributed by atoms with Crippen molar-refractivity contribution in [3.8, 4) is 0 Å². The SMILES string of the molecule is O=[N+]([O-])c1ccc(CN2C=NN(Nc3ccc(C(F)(F)F)cc3)C2)cc1. The molecule has 2 aromatic carbocycles. The first-order chi connectivity index (χ1) is 12.3. The van der Waals surface area contributed by atoms with Gasteiger partial charge in [-0.1, -0.05) is 12.1 Å². The van der Waals surface area contributed by atoms with Crippen LogP contribution in [0.5, 0.6) is 0 Å². The van der Waals surface area contributed by atoms with Crippen LogP contribution in [0.15, 0.2) is 53.6 Å². The van der Waals surface area contributed by atoms with Crippen LogP contribution in [-0.4, -0.2) is 27.9 Å². The molecule has 0 saturated heterocycles. The maximum atomic E-state index is 12.6. The standard InChI is InChI=1S/C16H14F3N5O2/c17-16(18,19)13-3-5-14(6-4-13)21-23-11-22(10-20-23)9-12-1-7-15(8-2-12)24(25)26/h1-8,10,21H,9,11H2. The van der Waals surface area contributed by atoms with E-state index in [1.807, 2.05) is 4.90 Å². The van der Waals surface area contributed by atoms with Crippen molar-refractivity contribution in [1.29, 1.82) is 0 Å². The van der Waals surface area contributed by atoms with Crippen molar-refractivity contribution in [2.24, 2.45) is 5.10 Å². The Bertz CT molecular complexity index is 806. The summed E-state index contributed by atoms with van der Waals surface area (Å²) in [6.07, 6.45) is -2.79. The van der Waals surface area contributed by atoms with Gasteiger partial charge < -0.3 is 4.90 Å². The van der Waals surface area contributed by atoms with Crippen molar-refractivity contribution < 1.29 is 18.1 Å². The molecule has 0 atom stereocenters. The van der Waals surface area contributed by atoms with Crippen LogP contribution in [0.4, 0.5) is 24.5 Å². The highest BCUT2D eigenvalue weighted by Crippen LogP contribution is 2.30. The molecule has 0 amide bonds. The second-order valence-electron chi connectivity index (χ2n) is 5.63. The van der Waals surface area contributed by atoms with Crippen molar-refractivity contribution in [2.75, 3.05) is 12.1 Å². The lowest BCUT2D eigenvalue weighted by atomic mass is 10.2. The average Bonchev–Trinajstić information content (AvgIpc) is 3.02. The predicted octanol–water partition coefficient (Wildman–Crippen LogP) is 3.66. The molecule has 136 valence electrons. The lowest BCUT2D eigenvalue weighted by molar-refractivity contribution is -0.384. The summed E-state index contributed by atoms with van der Waals surface area (Å²) in [7, 11) is 0. The van der Waals surface area contributed by atoms with E-state index in [1.54, 1.807) is 18.5 Å². The van der Waals surface area contributed by atoms with Gasteiger partial charge in [-0.25, -0.2) is 0 Å². The summed E-state index contributed by atoms with van der Waals surface area (Å²) in [6, 6.07) is 10.8. The van der Waals surface area contributed by atoms with E-state index >= 15 is 0 Å². The molecule has 0 aliphatic carbocycles. The Labute approximate surface area is 146 Å². The molecule has 0 aromatic heterocycles. The fourth-order valence-corrected chi connectivity index (χ4v) is 2.38. The minimum Gasteiger partial charge on any atom is -0.336 e. The molecule has 10 heteroatoms. The maximum Gasteiger partial charge on any atom is 0.416 e. The number of halogens is 3. The molecule has 0 fully saturated rings. The van der Waals surface area contributed by atoms with Gasteiger partial charge in [0.05, 0.1) is 16.2 Å². The highest BCUT2D eigenvalue weighted by molar-refractivity contribution is 5.57. The van der Waals surface area contributed by atoms with Crippen molar-refractivity contribution in [3.05, 3.63) is 69.8 Å². The third-order valence-electron chi connectivity index (χ3n) is 3.67. The first kappa shape index (κ1) is 17.5. The van der Waals surface area contributed by atoms with Gasteiger partial charge in [0.25, 0.3) is 5.69 Å². The molecule has 0 unspecified atom stereocenters. The van der Waals surface area contributed by atoms with Gasteiger partial charge in [0, 0.05) is 18.7 Å². The van der Waals surface area contributed by atoms with Crippen LogP contribution in [0.2, 0.25) is 0 Å². The van der Waals surface area contributed by atoms with Crippen molar-refractivity contribution in [2.45, 2.75) is 12.7 Å². The van der Waals surface area contributed by atoms with E-state index in [0.29, 0.717) is 18.9 Å². The van der Waals surface area contributed by atoms with Crippen molar-refractivity contribution >= 4 is 17.7 Å². The van der Waals surface area contributed by atoms with Gasteiger partial charge in [0.1, 0.15) is 13.0 Å². The zero-order valence-corrected chi connectivity index (χ0v) is 13.3. The summed E-state index contributed by atoms with van der Waals surface area (Å²) in [5.41, 5.74) is 3.56. The number of alkyl halides is 3. The summed E-state index contributed by atoms with van der Waals surface area (Å²) in [5, 5.41) is 16.2. The Balaban J connectivity index is 1.54. The number of nitrogens with zero attached hydrogens (tertiary/aromatic N) is 4. The monoisotopic (exact) mass is 365 g/mol. The summed E-state index contributed by atoms with van der Waals surface area (Å²) in [5.74, 6) is 0. The van der Waals surface area contributed by atoms with Gasteiger partial charge >= 0.3 is 6.18 Å². The third-order valence-corrected chi connectivity index (χ3v) is 3.67. The predicted molar refractivity (Wildman–Crippen MR) is 88.9 cm³/mol. The minimum atomic E-state index is -4.37. The molecule has 26 heavy (non-hydrogen) atoms. The first-order valence-corrected chi connectivity index (χ1v) is 7.54. The number of non-ortho nitro benzene ring substituents is 1. The van der Waals surface area contributed by atoms with Crippen molar-refractivity contribution in [3.63, 3.8) is 0 Å². The zero-order chi connectivity index (χ0) is 18.7. The lowest BCUT2D eigenvalue weighted by Gasteiger charge is -2.20. The summed E-state index contributed by atoms with van der Waals surface area (Å²) >= 11 is 0. The van der Waals surface area contributed by atoms with Gasteiger partial charge in [0.15, 0.2) is 0 Å². The molecule has 3 rings (SSSR count). The smallest absolute Gasteiger partial charge is 0.336 e. The van der Waals surface area contributed by atoms with Crippen LogP contribution in [0, 0.1) is 10.1 Å². The Kier molecular flexibility index (Phi) is 4.65. The molecule has 2 aromatic rings. The van der Waals surface area contributed by atoms with Crippen LogP contribution in [0.3, 0.4) is 0 Å². The zero-order valence-electron chi connectivity index (χ0n) is 13.3. The Morgan fingerprint density at radius 2 is 1.77 bits per heavy atom. The highest BCUT2D eigenvalue weighted by Gasteiger charge is 2.30. The van der Waals surface area contributed by atoms with E-state index in [4.69, 9.17) is 0 Å². The molecular formula is C16H14F3N5O2. The number of rotatable bonds is 5. The Morgan fingerprint density at radius 3 is 2.35 bits per heavy atom. The number of hydrogen-bond donors (Lipinski definition) is 1. The lowest BCUT2D eigenvalue weighted by Crippen LogP contribution is -2.30. The fraction of sp³-hybridized carbons (Fsp3) is 0.188. The van der Waals surface area contributed by atoms with E-state index < -0.39 is 16.7 Å². The van der Waals surface area contributed by atoms with Gasteiger partial charge in [0.2, 0.25) is 0 Å². The Hall–Kier alpha value is -3.30. The van der Waals surface area contributed by atoms with Crippen LogP contribution < -0.4 is 5.43 Å². The maximum absolute atomic E-state index is 12.6. The van der Waals surface area contributed by atoms with Crippen molar-refractivity contribution in [1.82, 2.24) is 10.0 Å². The highest BCUT2D eigenvalue weighted by atomic mass is 19.4. The van der Waals surface area contributed by atoms with Crippen LogP contribution in [-0.2, 0) is 12.7 Å². The number of anilines is 1. The molecular weight excluding hydrogens is 351 g/mol. The fourth-order valence-electron chi connectivity index (χ4n) is 2.38. The van der Waals surface area contributed by atoms with E-state index in [0.717, 1.165) is 17.7 Å². The molecule has 7 nitrogen and oxygen atoms in total. The van der Waals surface area contributed by atoms with E-state index in [9.17, 15) is 23.3 Å². The second-order valence-corrected chi connectivity index (χ2v) is 5.63. The molecule has 1 heterocycles. The molecule has 0 bridgehead atoms. The number of nitro groups is 1. The van der Waals surface area contributed by atoms with Gasteiger partial charge in [-0.2, -0.15) is 18.3 Å². The van der Waals surface area contributed by atoms with Crippen LogP contribution in [0.25, 0.3) is 0 Å². The molecule has 0 radical (unpaired) electrons. The first-order valence-electron chi connectivity index (χ1n) is 7.54. The van der Waals surface area contributed by atoms with E-state index in [1.165, 1.54) is 29.4 Å². The van der Waals surface area contributed by atoms with E-state index in [2.05, 4.69) is 10.5 Å². The second kappa shape index (κ2) is 6.90. The molecule has 1 N–H and O–H groups in total. The summed E-state index contributed by atoms with van der Waals surface area (Å²) < 4.78 is 37.7. The normalized spacial score (nSPS) is 14.0. The largest absolute Gasteiger partial charge is 0.416 e. The number of nitro benzene ring substituents is 1. The topological polar surface area (TPSA) is 74.0 Å². The van der Waals surface area contributed by atoms with Gasteiger partial charge in [-0.15, -0.1) is 5.10 Å². The van der Waals surface area contributed by atoms with Gasteiger partial charge in [-0.05, 0) is 29.8 Å². The average molecular weight is 365 g/mol. The minimum absolute atomic E-state index is 0.0226. The number of hydrazine groups is 1. The third kappa shape index (κ3) is 4.21. The number of nitrogens with one attached hydrogen (secondary N) is 1. The number of benzene rings is 2. The number of hydrazone groups is 1. The quantitative estimate of drug-likeness (QED) is 0.647. The molecule has 0 spiro atoms. The summed E-state index contributed by atoms with van der Waals surface area (Å²) in [6.45, 7) is 0.866. The van der Waals surface area contributed by atoms with E-state index in [-0.39, 0.29) is 5.69 Å². The molecule has 0 saturated carbocycles. The Morgan fingerprint density at radius 1 is 1.12 bits per heavy atom. The van der Waals surface area contributed by atoms with Crippen LogP contribution >= 0.6 is 0 Å².